The van der Waals surface area contributed by atoms with Crippen molar-refractivity contribution >= 4 is 39.8 Å². The van der Waals surface area contributed by atoms with Crippen molar-refractivity contribution in [2.24, 2.45) is 4.99 Å². The Bertz CT molecular complexity index is 879. The molecule has 0 aliphatic carbocycles. The summed E-state index contributed by atoms with van der Waals surface area (Å²) in [6.45, 7) is 6.45. The molecule has 0 heterocycles. The third-order valence-electron chi connectivity index (χ3n) is 4.56. The molecule has 5 nitrogen and oxygen atoms in total. The van der Waals surface area contributed by atoms with E-state index in [0.717, 1.165) is 37.5 Å². The highest BCUT2D eigenvalue weighted by Crippen LogP contribution is 2.11. The fourth-order valence-electron chi connectivity index (χ4n) is 2.89. The highest BCUT2D eigenvalue weighted by Gasteiger charge is 2.08. The summed E-state index contributed by atoms with van der Waals surface area (Å²) >= 11 is 0. The van der Waals surface area contributed by atoms with E-state index < -0.39 is 9.84 Å². The topological polar surface area (TPSA) is 61.8 Å². The lowest BCUT2D eigenvalue weighted by molar-refractivity contribution is 0.477. The molecule has 1 N–H and O–H groups in total. The van der Waals surface area contributed by atoms with Gasteiger partial charge in [-0.1, -0.05) is 43.3 Å². The first-order valence-corrected chi connectivity index (χ1v) is 11.6. The normalized spacial score (nSPS) is 11.7. The van der Waals surface area contributed by atoms with Crippen molar-refractivity contribution in [1.29, 1.82) is 0 Å². The second-order valence-electron chi connectivity index (χ2n) is 6.93. The third kappa shape index (κ3) is 8.34. The number of sulfone groups is 1. The van der Waals surface area contributed by atoms with Gasteiger partial charge in [-0.25, -0.2) is 8.42 Å². The number of nitrogens with zero attached hydrogens (tertiary/aromatic N) is 2. The van der Waals surface area contributed by atoms with Gasteiger partial charge in [-0.3, -0.25) is 4.99 Å². The first kappa shape index (κ1) is 25.4. The van der Waals surface area contributed by atoms with Gasteiger partial charge in [-0.2, -0.15) is 0 Å². The van der Waals surface area contributed by atoms with E-state index in [2.05, 4.69) is 48.3 Å². The second-order valence-corrected chi connectivity index (χ2v) is 8.94. The van der Waals surface area contributed by atoms with Gasteiger partial charge in [0, 0.05) is 32.9 Å². The van der Waals surface area contributed by atoms with Crippen LogP contribution in [0, 0.1) is 0 Å². The van der Waals surface area contributed by atoms with E-state index >= 15 is 0 Å². The molecule has 0 saturated carbocycles. The number of aryl methyl sites for hydroxylation is 1. The van der Waals surface area contributed by atoms with Crippen LogP contribution in [-0.2, 0) is 29.2 Å². The summed E-state index contributed by atoms with van der Waals surface area (Å²) in [5, 5.41) is 3.34. The maximum atomic E-state index is 11.5. The molecule has 0 amide bonds. The molecule has 2 aromatic rings. The lowest BCUT2D eigenvalue weighted by Gasteiger charge is -2.22. The zero-order chi connectivity index (χ0) is 20.6. The van der Waals surface area contributed by atoms with Crippen LogP contribution in [-0.4, -0.2) is 45.7 Å². The van der Waals surface area contributed by atoms with Crippen LogP contribution in [0.3, 0.4) is 0 Å². The zero-order valence-electron chi connectivity index (χ0n) is 17.7. The molecule has 0 aliphatic rings. The maximum absolute atomic E-state index is 11.5. The Balaban J connectivity index is 0.00000420. The Morgan fingerprint density at radius 1 is 0.966 bits per heavy atom. The Hall–Kier alpha value is -1.61. The van der Waals surface area contributed by atoms with Crippen molar-refractivity contribution in [3.05, 3.63) is 65.2 Å². The average molecular weight is 529 g/mol. The van der Waals surface area contributed by atoms with Crippen molar-refractivity contribution < 1.29 is 8.42 Å². The zero-order valence-corrected chi connectivity index (χ0v) is 20.8. The SMILES string of the molecule is CCNC(=NCCc1ccc(S(C)(=O)=O)cc1)N(C)Cc1ccc(CC)cc1.I. The molecule has 160 valence electrons. The minimum Gasteiger partial charge on any atom is -0.357 e. The van der Waals surface area contributed by atoms with E-state index in [-0.39, 0.29) is 24.0 Å². The number of aliphatic imine (C=N–C) groups is 1. The largest absolute Gasteiger partial charge is 0.357 e. The maximum Gasteiger partial charge on any atom is 0.193 e. The molecule has 0 atom stereocenters. The van der Waals surface area contributed by atoms with Crippen LogP contribution in [0.4, 0.5) is 0 Å². The van der Waals surface area contributed by atoms with Gasteiger partial charge in [-0.15, -0.1) is 24.0 Å². The Morgan fingerprint density at radius 2 is 1.52 bits per heavy atom. The van der Waals surface area contributed by atoms with Crippen molar-refractivity contribution in [2.75, 3.05) is 26.4 Å². The van der Waals surface area contributed by atoms with Crippen molar-refractivity contribution in [2.45, 2.75) is 38.1 Å². The van der Waals surface area contributed by atoms with Gasteiger partial charge in [0.15, 0.2) is 15.8 Å². The second kappa shape index (κ2) is 12.2. The Labute approximate surface area is 192 Å². The van der Waals surface area contributed by atoms with Crippen LogP contribution in [0.1, 0.15) is 30.5 Å². The van der Waals surface area contributed by atoms with Gasteiger partial charge < -0.3 is 10.2 Å². The van der Waals surface area contributed by atoms with Gasteiger partial charge in [0.2, 0.25) is 0 Å². The number of hydrogen-bond donors (Lipinski definition) is 1. The van der Waals surface area contributed by atoms with Crippen LogP contribution in [0.15, 0.2) is 58.4 Å². The van der Waals surface area contributed by atoms with E-state index in [1.807, 2.05) is 19.2 Å². The molecule has 0 fully saturated rings. The molecule has 0 saturated heterocycles. The predicted molar refractivity (Wildman–Crippen MR) is 132 cm³/mol. The Kier molecular flexibility index (Phi) is 10.7. The summed E-state index contributed by atoms with van der Waals surface area (Å²) in [5.74, 6) is 0.870. The summed E-state index contributed by atoms with van der Waals surface area (Å²) in [4.78, 5) is 7.19. The van der Waals surface area contributed by atoms with Crippen LogP contribution >= 0.6 is 24.0 Å². The van der Waals surface area contributed by atoms with Crippen molar-refractivity contribution in [3.8, 4) is 0 Å². The summed E-state index contributed by atoms with van der Waals surface area (Å²) < 4.78 is 23.1. The summed E-state index contributed by atoms with van der Waals surface area (Å²) in [7, 11) is -1.11. The molecular formula is C22H32IN3O2S. The average Bonchev–Trinajstić information content (AvgIpc) is 2.67. The first-order valence-electron chi connectivity index (χ1n) is 9.69. The quantitative estimate of drug-likeness (QED) is 0.320. The monoisotopic (exact) mass is 529 g/mol. The highest BCUT2D eigenvalue weighted by atomic mass is 127. The molecule has 2 aromatic carbocycles. The number of nitrogens with one attached hydrogen (secondary N) is 1. The molecule has 29 heavy (non-hydrogen) atoms. The molecule has 0 bridgehead atoms. The summed E-state index contributed by atoms with van der Waals surface area (Å²) in [5.41, 5.74) is 3.67. The number of rotatable bonds is 8. The van der Waals surface area contributed by atoms with Gasteiger partial charge in [-0.05, 0) is 48.6 Å². The number of benzene rings is 2. The molecule has 2 rings (SSSR count). The van der Waals surface area contributed by atoms with Crippen LogP contribution in [0.5, 0.6) is 0 Å². The fourth-order valence-corrected chi connectivity index (χ4v) is 3.52. The molecule has 0 aromatic heterocycles. The Morgan fingerprint density at radius 3 is 2.03 bits per heavy atom. The molecule has 7 heteroatoms. The molecular weight excluding hydrogens is 497 g/mol. The van der Waals surface area contributed by atoms with Crippen LogP contribution in [0.25, 0.3) is 0 Å². The van der Waals surface area contributed by atoms with Crippen LogP contribution < -0.4 is 5.32 Å². The number of guanidine groups is 1. The predicted octanol–water partition coefficient (Wildman–Crippen LogP) is 3.91. The smallest absolute Gasteiger partial charge is 0.193 e. The van der Waals surface area contributed by atoms with E-state index in [9.17, 15) is 8.42 Å². The van der Waals surface area contributed by atoms with Crippen LogP contribution in [0.2, 0.25) is 0 Å². The molecule has 0 unspecified atom stereocenters. The summed E-state index contributed by atoms with van der Waals surface area (Å²) in [6, 6.07) is 15.7. The first-order chi connectivity index (χ1) is 13.3. The highest BCUT2D eigenvalue weighted by molar-refractivity contribution is 14.0. The van der Waals surface area contributed by atoms with Crippen molar-refractivity contribution in [3.63, 3.8) is 0 Å². The minimum atomic E-state index is -3.15. The number of halogens is 1. The molecule has 0 spiro atoms. The van der Waals surface area contributed by atoms with E-state index in [1.54, 1.807) is 12.1 Å². The summed E-state index contributed by atoms with van der Waals surface area (Å²) in [6.07, 6.45) is 3.03. The van der Waals surface area contributed by atoms with Crippen molar-refractivity contribution in [1.82, 2.24) is 10.2 Å². The van der Waals surface area contributed by atoms with Gasteiger partial charge in [0.25, 0.3) is 0 Å². The number of hydrogen-bond acceptors (Lipinski definition) is 3. The molecule has 0 aliphatic heterocycles. The fraction of sp³-hybridized carbons (Fsp3) is 0.409. The minimum absolute atomic E-state index is 0. The van der Waals surface area contributed by atoms with E-state index in [1.165, 1.54) is 17.4 Å². The van der Waals surface area contributed by atoms with E-state index in [4.69, 9.17) is 4.99 Å². The lowest BCUT2D eigenvalue weighted by Crippen LogP contribution is -2.38. The van der Waals surface area contributed by atoms with Gasteiger partial charge in [0.05, 0.1) is 4.90 Å². The van der Waals surface area contributed by atoms with Gasteiger partial charge >= 0.3 is 0 Å². The van der Waals surface area contributed by atoms with Gasteiger partial charge in [0.1, 0.15) is 0 Å². The van der Waals surface area contributed by atoms with E-state index in [0.29, 0.717) is 11.4 Å². The lowest BCUT2D eigenvalue weighted by atomic mass is 10.1. The standard InChI is InChI=1S/C22H31N3O2S.HI/c1-5-18-7-9-20(10-8-18)17-25(3)22(23-6-2)24-16-15-19-11-13-21(14-12-19)28(4,26)27;/h7-14H,5-6,15-17H2,1-4H3,(H,23,24);1H. The molecule has 0 radical (unpaired) electrons. The third-order valence-corrected chi connectivity index (χ3v) is 5.69.